The van der Waals surface area contributed by atoms with Crippen molar-refractivity contribution in [1.29, 1.82) is 0 Å². The van der Waals surface area contributed by atoms with E-state index < -0.39 is 11.5 Å². The van der Waals surface area contributed by atoms with Crippen LogP contribution in [-0.4, -0.2) is 22.5 Å². The molecule has 0 heterocycles. The summed E-state index contributed by atoms with van der Waals surface area (Å²) in [6.07, 6.45) is 6.13. The van der Waals surface area contributed by atoms with Crippen LogP contribution in [0.5, 0.6) is 0 Å². The molecule has 16 heavy (non-hydrogen) atoms. The average molecular weight is 225 g/mol. The zero-order valence-electron chi connectivity index (χ0n) is 9.82. The van der Waals surface area contributed by atoms with Crippen molar-refractivity contribution in [2.24, 2.45) is 5.92 Å². The summed E-state index contributed by atoms with van der Waals surface area (Å²) in [5.41, 5.74) is -0.446. The fourth-order valence-corrected chi connectivity index (χ4v) is 1.75. The number of hydrogen-bond acceptors (Lipinski definition) is 2. The maximum Gasteiger partial charge on any atom is 0.303 e. The number of carboxylic acids is 1. The molecule has 0 aliphatic heterocycles. The van der Waals surface area contributed by atoms with Gasteiger partial charge in [0.2, 0.25) is 5.91 Å². The van der Waals surface area contributed by atoms with Gasteiger partial charge in [-0.1, -0.05) is 12.2 Å². The molecular formula is C12H19NO3. The van der Waals surface area contributed by atoms with E-state index in [9.17, 15) is 9.59 Å². The molecule has 0 radical (unpaired) electrons. The van der Waals surface area contributed by atoms with Crippen LogP contribution < -0.4 is 5.32 Å². The first-order valence-electron chi connectivity index (χ1n) is 5.59. The van der Waals surface area contributed by atoms with E-state index in [2.05, 4.69) is 5.32 Å². The highest BCUT2D eigenvalue weighted by atomic mass is 16.4. The molecule has 1 amide bonds. The number of rotatable bonds is 5. The number of allylic oxidation sites excluding steroid dienone is 2. The summed E-state index contributed by atoms with van der Waals surface area (Å²) in [6.45, 7) is 3.71. The summed E-state index contributed by atoms with van der Waals surface area (Å²) in [7, 11) is 0. The van der Waals surface area contributed by atoms with Gasteiger partial charge in [-0.15, -0.1) is 0 Å². The predicted molar refractivity (Wildman–Crippen MR) is 61.0 cm³/mol. The second-order valence-electron chi connectivity index (χ2n) is 4.91. The Morgan fingerprint density at radius 1 is 1.38 bits per heavy atom. The molecule has 2 N–H and O–H groups in total. The third-order valence-corrected chi connectivity index (χ3v) is 2.80. The Morgan fingerprint density at radius 3 is 2.44 bits per heavy atom. The lowest BCUT2D eigenvalue weighted by atomic mass is 9.96. The molecule has 0 aromatic carbocycles. The highest BCUT2D eigenvalue weighted by molar-refractivity contribution is 5.80. The van der Waals surface area contributed by atoms with Gasteiger partial charge in [-0.05, 0) is 33.1 Å². The van der Waals surface area contributed by atoms with Gasteiger partial charge in [-0.2, -0.15) is 0 Å². The van der Waals surface area contributed by atoms with Crippen LogP contribution in [0.15, 0.2) is 12.2 Å². The van der Waals surface area contributed by atoms with Crippen LogP contribution in [0.25, 0.3) is 0 Å². The molecule has 1 aliphatic rings. The lowest BCUT2D eigenvalue weighted by molar-refractivity contribution is -0.138. The topological polar surface area (TPSA) is 66.4 Å². The van der Waals surface area contributed by atoms with E-state index in [4.69, 9.17) is 5.11 Å². The summed E-state index contributed by atoms with van der Waals surface area (Å²) >= 11 is 0. The summed E-state index contributed by atoms with van der Waals surface area (Å²) in [5.74, 6) is -0.769. The van der Waals surface area contributed by atoms with Crippen molar-refractivity contribution in [2.45, 2.75) is 45.1 Å². The Morgan fingerprint density at radius 2 is 1.94 bits per heavy atom. The van der Waals surface area contributed by atoms with Crippen LogP contribution in [0, 0.1) is 5.92 Å². The molecular weight excluding hydrogens is 206 g/mol. The second-order valence-corrected chi connectivity index (χ2v) is 4.91. The third kappa shape index (κ3) is 4.04. The second kappa shape index (κ2) is 5.14. The molecule has 0 aromatic rings. The number of carboxylic acid groups (broad SMARTS) is 1. The Kier molecular flexibility index (Phi) is 4.10. The van der Waals surface area contributed by atoms with Crippen LogP contribution in [-0.2, 0) is 9.59 Å². The van der Waals surface area contributed by atoms with Gasteiger partial charge >= 0.3 is 5.97 Å². The lowest BCUT2D eigenvalue weighted by Crippen LogP contribution is -2.46. The predicted octanol–water partition coefficient (Wildman–Crippen LogP) is 1.71. The van der Waals surface area contributed by atoms with Crippen LogP contribution in [0.1, 0.15) is 39.5 Å². The van der Waals surface area contributed by atoms with Crippen molar-refractivity contribution in [3.05, 3.63) is 12.2 Å². The maximum absolute atomic E-state index is 11.8. The molecule has 0 fully saturated rings. The first-order chi connectivity index (χ1) is 7.41. The normalized spacial score (nSPS) is 16.4. The molecule has 0 spiro atoms. The number of nitrogens with one attached hydrogen (secondary N) is 1. The molecule has 1 rings (SSSR count). The van der Waals surface area contributed by atoms with Crippen molar-refractivity contribution in [1.82, 2.24) is 5.32 Å². The highest BCUT2D eigenvalue weighted by Crippen LogP contribution is 2.20. The van der Waals surface area contributed by atoms with E-state index in [0.29, 0.717) is 6.42 Å². The zero-order valence-corrected chi connectivity index (χ0v) is 9.82. The Labute approximate surface area is 95.7 Å². The third-order valence-electron chi connectivity index (χ3n) is 2.80. The number of carbonyl (C=O) groups is 2. The van der Waals surface area contributed by atoms with Gasteiger partial charge in [0.15, 0.2) is 0 Å². The van der Waals surface area contributed by atoms with E-state index in [1.54, 1.807) is 0 Å². The van der Waals surface area contributed by atoms with Crippen molar-refractivity contribution in [3.8, 4) is 0 Å². The molecule has 1 aliphatic carbocycles. The van der Waals surface area contributed by atoms with Crippen LogP contribution in [0.2, 0.25) is 0 Å². The molecule has 0 saturated heterocycles. The molecule has 0 atom stereocenters. The molecule has 0 unspecified atom stereocenters. The number of amides is 1. The largest absolute Gasteiger partial charge is 0.481 e. The van der Waals surface area contributed by atoms with E-state index in [-0.39, 0.29) is 18.2 Å². The summed E-state index contributed by atoms with van der Waals surface area (Å²) in [5, 5.41) is 11.5. The number of hydrogen-bond donors (Lipinski definition) is 2. The van der Waals surface area contributed by atoms with Gasteiger partial charge in [0, 0.05) is 17.9 Å². The Hall–Kier alpha value is -1.32. The molecule has 0 bridgehead atoms. The molecule has 4 heteroatoms. The minimum Gasteiger partial charge on any atom is -0.481 e. The molecule has 4 nitrogen and oxygen atoms in total. The molecule has 0 aromatic heterocycles. The van der Waals surface area contributed by atoms with Crippen molar-refractivity contribution in [2.75, 3.05) is 0 Å². The molecule has 0 saturated carbocycles. The van der Waals surface area contributed by atoms with Crippen molar-refractivity contribution < 1.29 is 14.7 Å². The fraction of sp³-hybridized carbons (Fsp3) is 0.667. The highest BCUT2D eigenvalue weighted by Gasteiger charge is 2.26. The summed E-state index contributed by atoms with van der Waals surface area (Å²) in [6, 6.07) is 0. The summed E-state index contributed by atoms with van der Waals surface area (Å²) in [4.78, 5) is 22.3. The van der Waals surface area contributed by atoms with Crippen molar-refractivity contribution >= 4 is 11.9 Å². The van der Waals surface area contributed by atoms with Gasteiger partial charge in [0.25, 0.3) is 0 Å². The van der Waals surface area contributed by atoms with Gasteiger partial charge in [-0.3, -0.25) is 9.59 Å². The number of carbonyl (C=O) groups excluding carboxylic acids is 1. The van der Waals surface area contributed by atoms with E-state index >= 15 is 0 Å². The first-order valence-corrected chi connectivity index (χ1v) is 5.59. The Bertz CT molecular complexity index is 299. The summed E-state index contributed by atoms with van der Waals surface area (Å²) < 4.78 is 0. The van der Waals surface area contributed by atoms with Crippen LogP contribution in [0.4, 0.5) is 0 Å². The van der Waals surface area contributed by atoms with Crippen LogP contribution in [0.3, 0.4) is 0 Å². The fourth-order valence-electron chi connectivity index (χ4n) is 1.75. The SMILES string of the molecule is CC(C)(CCC(=O)O)NC(=O)C1CC=CC1. The van der Waals surface area contributed by atoms with E-state index in [1.807, 2.05) is 26.0 Å². The van der Waals surface area contributed by atoms with Gasteiger partial charge < -0.3 is 10.4 Å². The van der Waals surface area contributed by atoms with E-state index in [0.717, 1.165) is 12.8 Å². The minimum atomic E-state index is -0.829. The minimum absolute atomic E-state index is 0.0281. The lowest BCUT2D eigenvalue weighted by Gasteiger charge is -2.27. The standard InChI is InChI=1S/C12H19NO3/c1-12(2,8-7-10(14)15)13-11(16)9-5-3-4-6-9/h3-4,9H,5-8H2,1-2H3,(H,13,16)(H,14,15). The first kappa shape index (κ1) is 12.7. The number of aliphatic carboxylic acids is 1. The van der Waals surface area contributed by atoms with Gasteiger partial charge in [0.1, 0.15) is 0 Å². The monoisotopic (exact) mass is 225 g/mol. The van der Waals surface area contributed by atoms with Crippen LogP contribution >= 0.6 is 0 Å². The van der Waals surface area contributed by atoms with Crippen molar-refractivity contribution in [3.63, 3.8) is 0 Å². The smallest absolute Gasteiger partial charge is 0.303 e. The average Bonchev–Trinajstić information content (AvgIpc) is 2.67. The van der Waals surface area contributed by atoms with Gasteiger partial charge in [0.05, 0.1) is 0 Å². The van der Waals surface area contributed by atoms with E-state index in [1.165, 1.54) is 0 Å². The Balaban J connectivity index is 2.38. The quantitative estimate of drug-likeness (QED) is 0.700. The molecule has 90 valence electrons. The van der Waals surface area contributed by atoms with Gasteiger partial charge in [-0.25, -0.2) is 0 Å². The zero-order chi connectivity index (χ0) is 12.2. The maximum atomic E-state index is 11.8.